The van der Waals surface area contributed by atoms with Crippen LogP contribution in [0.2, 0.25) is 0 Å². The highest BCUT2D eigenvalue weighted by molar-refractivity contribution is 5.88. The maximum Gasteiger partial charge on any atom is 0.336 e. The first-order valence-electron chi connectivity index (χ1n) is 6.37. The molecule has 0 aliphatic rings. The molecule has 6 nitrogen and oxygen atoms in total. The van der Waals surface area contributed by atoms with Gasteiger partial charge in [-0.1, -0.05) is 18.2 Å². The number of carbonyl (C=O) groups is 1. The summed E-state index contributed by atoms with van der Waals surface area (Å²) in [7, 11) is 1.57. The first-order valence-corrected chi connectivity index (χ1v) is 6.37. The number of non-ortho nitro benzene ring substituents is 1. The number of methoxy groups -OCH3 is 1. The van der Waals surface area contributed by atoms with E-state index in [2.05, 4.69) is 0 Å². The van der Waals surface area contributed by atoms with Crippen molar-refractivity contribution >= 4 is 17.7 Å². The lowest BCUT2D eigenvalue weighted by atomic mass is 10.2. The average Bonchev–Trinajstić information content (AvgIpc) is 2.53. The standard InChI is InChI=1S/C16H13NO5/c1-21-14-8-5-12(6-9-14)7-10-16(18)22-15-4-2-3-13(11-15)17(19)20/h2-11H,1H3/b10-7+. The molecule has 0 N–H and O–H groups in total. The molecule has 0 heterocycles. The summed E-state index contributed by atoms with van der Waals surface area (Å²) < 4.78 is 10.1. The number of nitro groups is 1. The maximum absolute atomic E-state index is 11.7. The number of nitro benzene ring substituents is 1. The van der Waals surface area contributed by atoms with E-state index in [1.165, 1.54) is 30.3 Å². The van der Waals surface area contributed by atoms with Gasteiger partial charge in [0.05, 0.1) is 18.1 Å². The van der Waals surface area contributed by atoms with Gasteiger partial charge in [0, 0.05) is 12.1 Å². The largest absolute Gasteiger partial charge is 0.497 e. The van der Waals surface area contributed by atoms with Crippen molar-refractivity contribution in [3.8, 4) is 11.5 Å². The summed E-state index contributed by atoms with van der Waals surface area (Å²) in [6.07, 6.45) is 2.83. The third-order valence-electron chi connectivity index (χ3n) is 2.77. The van der Waals surface area contributed by atoms with E-state index in [-0.39, 0.29) is 11.4 Å². The molecule has 0 fully saturated rings. The third kappa shape index (κ3) is 4.17. The summed E-state index contributed by atoms with van der Waals surface area (Å²) in [5.41, 5.74) is 0.668. The zero-order valence-corrected chi connectivity index (χ0v) is 11.8. The molecule has 2 aromatic rings. The maximum atomic E-state index is 11.7. The summed E-state index contributed by atoms with van der Waals surface area (Å²) in [5.74, 6) is 0.228. The van der Waals surface area contributed by atoms with Crippen LogP contribution in [0, 0.1) is 10.1 Å². The van der Waals surface area contributed by atoms with E-state index in [9.17, 15) is 14.9 Å². The summed E-state index contributed by atoms with van der Waals surface area (Å²) in [6.45, 7) is 0. The van der Waals surface area contributed by atoms with E-state index in [1.54, 1.807) is 37.5 Å². The highest BCUT2D eigenvalue weighted by atomic mass is 16.6. The van der Waals surface area contributed by atoms with E-state index in [0.717, 1.165) is 11.3 Å². The van der Waals surface area contributed by atoms with E-state index < -0.39 is 10.9 Å². The lowest BCUT2D eigenvalue weighted by Crippen LogP contribution is -2.03. The van der Waals surface area contributed by atoms with Crippen molar-refractivity contribution in [1.82, 2.24) is 0 Å². The molecule has 0 aliphatic carbocycles. The van der Waals surface area contributed by atoms with Crippen LogP contribution in [-0.4, -0.2) is 18.0 Å². The third-order valence-corrected chi connectivity index (χ3v) is 2.77. The summed E-state index contributed by atoms with van der Waals surface area (Å²) in [4.78, 5) is 21.8. The van der Waals surface area contributed by atoms with Crippen LogP contribution >= 0.6 is 0 Å². The Hall–Kier alpha value is -3.15. The molecule has 0 saturated heterocycles. The molecular weight excluding hydrogens is 286 g/mol. The molecule has 0 radical (unpaired) electrons. The van der Waals surface area contributed by atoms with Crippen molar-refractivity contribution in [3.05, 3.63) is 70.3 Å². The minimum atomic E-state index is -0.615. The molecular formula is C16H13NO5. The smallest absolute Gasteiger partial charge is 0.336 e. The summed E-state index contributed by atoms with van der Waals surface area (Å²) >= 11 is 0. The Morgan fingerprint density at radius 1 is 1.14 bits per heavy atom. The second-order valence-electron chi connectivity index (χ2n) is 4.28. The molecule has 0 amide bonds. The molecule has 22 heavy (non-hydrogen) atoms. The van der Waals surface area contributed by atoms with Crippen LogP contribution in [0.25, 0.3) is 6.08 Å². The van der Waals surface area contributed by atoms with Crippen molar-refractivity contribution in [2.45, 2.75) is 0 Å². The topological polar surface area (TPSA) is 78.7 Å². The molecule has 0 unspecified atom stereocenters. The van der Waals surface area contributed by atoms with E-state index in [0.29, 0.717) is 0 Å². The number of nitrogens with zero attached hydrogens (tertiary/aromatic N) is 1. The molecule has 2 aromatic carbocycles. The zero-order valence-electron chi connectivity index (χ0n) is 11.8. The quantitative estimate of drug-likeness (QED) is 0.278. The molecule has 0 aliphatic heterocycles. The first-order chi connectivity index (χ1) is 10.6. The van der Waals surface area contributed by atoms with Crippen LogP contribution in [0.4, 0.5) is 5.69 Å². The van der Waals surface area contributed by atoms with Gasteiger partial charge in [0.1, 0.15) is 11.5 Å². The van der Waals surface area contributed by atoms with Gasteiger partial charge < -0.3 is 9.47 Å². The SMILES string of the molecule is COc1ccc(/C=C/C(=O)Oc2cccc([N+](=O)[O-])c2)cc1. The number of hydrogen-bond acceptors (Lipinski definition) is 5. The molecule has 0 atom stereocenters. The van der Waals surface area contributed by atoms with E-state index in [4.69, 9.17) is 9.47 Å². The molecule has 0 saturated carbocycles. The number of carbonyl (C=O) groups excluding carboxylic acids is 1. The number of ether oxygens (including phenoxy) is 2. The van der Waals surface area contributed by atoms with Crippen LogP contribution in [0.5, 0.6) is 11.5 Å². The fourth-order valence-electron chi connectivity index (χ4n) is 1.69. The van der Waals surface area contributed by atoms with Crippen LogP contribution in [-0.2, 0) is 4.79 Å². The van der Waals surface area contributed by atoms with Crippen molar-refractivity contribution in [2.24, 2.45) is 0 Å². The van der Waals surface area contributed by atoms with Gasteiger partial charge in [-0.3, -0.25) is 10.1 Å². The van der Waals surface area contributed by atoms with Crippen LogP contribution < -0.4 is 9.47 Å². The van der Waals surface area contributed by atoms with Crippen molar-refractivity contribution in [2.75, 3.05) is 7.11 Å². The predicted octanol–water partition coefficient (Wildman–Crippen LogP) is 3.22. The van der Waals surface area contributed by atoms with Gasteiger partial charge in [0.15, 0.2) is 0 Å². The fourth-order valence-corrected chi connectivity index (χ4v) is 1.69. The Morgan fingerprint density at radius 3 is 2.50 bits per heavy atom. The van der Waals surface area contributed by atoms with Crippen molar-refractivity contribution in [3.63, 3.8) is 0 Å². The van der Waals surface area contributed by atoms with Gasteiger partial charge in [-0.25, -0.2) is 4.79 Å². The number of rotatable bonds is 5. The zero-order chi connectivity index (χ0) is 15.9. The lowest BCUT2D eigenvalue weighted by Gasteiger charge is -2.01. The van der Waals surface area contributed by atoms with Crippen LogP contribution in [0.1, 0.15) is 5.56 Å². The van der Waals surface area contributed by atoms with E-state index >= 15 is 0 Å². The van der Waals surface area contributed by atoms with Crippen LogP contribution in [0.15, 0.2) is 54.6 Å². The minimum Gasteiger partial charge on any atom is -0.497 e. The molecule has 112 valence electrons. The number of hydrogen-bond donors (Lipinski definition) is 0. The van der Waals surface area contributed by atoms with Gasteiger partial charge in [-0.05, 0) is 29.8 Å². The monoisotopic (exact) mass is 299 g/mol. The molecule has 0 aromatic heterocycles. The molecule has 0 spiro atoms. The van der Waals surface area contributed by atoms with Crippen molar-refractivity contribution in [1.29, 1.82) is 0 Å². The van der Waals surface area contributed by atoms with Crippen LogP contribution in [0.3, 0.4) is 0 Å². The van der Waals surface area contributed by atoms with Gasteiger partial charge in [-0.15, -0.1) is 0 Å². The Labute approximate surface area is 126 Å². The number of esters is 1. The highest BCUT2D eigenvalue weighted by Gasteiger charge is 2.08. The predicted molar refractivity (Wildman–Crippen MR) is 80.8 cm³/mol. The normalized spacial score (nSPS) is 10.4. The first kappa shape index (κ1) is 15.2. The minimum absolute atomic E-state index is 0.124. The Morgan fingerprint density at radius 2 is 1.86 bits per heavy atom. The van der Waals surface area contributed by atoms with E-state index in [1.807, 2.05) is 0 Å². The average molecular weight is 299 g/mol. The van der Waals surface area contributed by atoms with Gasteiger partial charge in [0.25, 0.3) is 5.69 Å². The second-order valence-corrected chi connectivity index (χ2v) is 4.28. The summed E-state index contributed by atoms with van der Waals surface area (Å²) in [5, 5.41) is 10.6. The highest BCUT2D eigenvalue weighted by Crippen LogP contribution is 2.19. The second kappa shape index (κ2) is 7.03. The Bertz CT molecular complexity index is 707. The van der Waals surface area contributed by atoms with Gasteiger partial charge in [0.2, 0.25) is 0 Å². The molecule has 2 rings (SSSR count). The lowest BCUT2D eigenvalue weighted by molar-refractivity contribution is -0.384. The van der Waals surface area contributed by atoms with Gasteiger partial charge >= 0.3 is 5.97 Å². The Kier molecular flexibility index (Phi) is 4.87. The summed E-state index contributed by atoms with van der Waals surface area (Å²) in [6, 6.07) is 12.6. The fraction of sp³-hybridized carbons (Fsp3) is 0.0625. The van der Waals surface area contributed by atoms with Crippen molar-refractivity contribution < 1.29 is 19.2 Å². The molecule has 6 heteroatoms. The number of benzene rings is 2. The molecule has 0 bridgehead atoms. The van der Waals surface area contributed by atoms with Gasteiger partial charge in [-0.2, -0.15) is 0 Å². The Balaban J connectivity index is 2.01.